The predicted octanol–water partition coefficient (Wildman–Crippen LogP) is 3.06. The van der Waals surface area contributed by atoms with Crippen molar-refractivity contribution in [1.29, 1.82) is 0 Å². The number of guanidine groups is 1. The zero-order valence-electron chi connectivity index (χ0n) is 14.5. The van der Waals surface area contributed by atoms with E-state index < -0.39 is 0 Å². The Kier molecular flexibility index (Phi) is 10.4. The number of benzene rings is 1. The van der Waals surface area contributed by atoms with Crippen LogP contribution in [0.3, 0.4) is 0 Å². The van der Waals surface area contributed by atoms with E-state index in [2.05, 4.69) is 79.8 Å². The van der Waals surface area contributed by atoms with E-state index in [1.165, 1.54) is 11.1 Å². The molecule has 0 aromatic heterocycles. The molecule has 0 aliphatic carbocycles. The largest absolute Gasteiger partial charge is 0.357 e. The average Bonchev–Trinajstić information content (AvgIpc) is 2.41. The smallest absolute Gasteiger partial charge is 0.191 e. The van der Waals surface area contributed by atoms with Crippen molar-refractivity contribution in [3.8, 4) is 0 Å². The fourth-order valence-corrected chi connectivity index (χ4v) is 1.82. The van der Waals surface area contributed by atoms with Gasteiger partial charge in [0.2, 0.25) is 0 Å². The number of aryl methyl sites for hydroxylation is 1. The van der Waals surface area contributed by atoms with Gasteiger partial charge in [-0.25, -0.2) is 4.99 Å². The van der Waals surface area contributed by atoms with Crippen LogP contribution in [-0.4, -0.2) is 31.1 Å². The molecule has 0 saturated heterocycles. The van der Waals surface area contributed by atoms with E-state index >= 15 is 0 Å². The van der Waals surface area contributed by atoms with Crippen molar-refractivity contribution in [2.75, 3.05) is 19.6 Å². The van der Waals surface area contributed by atoms with Gasteiger partial charge in [-0.3, -0.25) is 0 Å². The fraction of sp³-hybridized carbons (Fsp3) is 0.588. The highest BCUT2D eigenvalue weighted by atomic mass is 127. The molecule has 0 spiro atoms. The number of nitrogens with zero attached hydrogens (tertiary/aromatic N) is 1. The van der Waals surface area contributed by atoms with E-state index in [9.17, 15) is 0 Å². The van der Waals surface area contributed by atoms with E-state index in [4.69, 9.17) is 0 Å². The summed E-state index contributed by atoms with van der Waals surface area (Å²) in [5.41, 5.74) is 2.66. The van der Waals surface area contributed by atoms with Gasteiger partial charge in [0.25, 0.3) is 0 Å². The summed E-state index contributed by atoms with van der Waals surface area (Å²) in [6, 6.07) is 8.50. The molecule has 0 bridgehead atoms. The lowest BCUT2D eigenvalue weighted by atomic mass is 10.1. The molecule has 0 fully saturated rings. The van der Waals surface area contributed by atoms with Crippen LogP contribution in [0.1, 0.15) is 38.8 Å². The second-order valence-corrected chi connectivity index (χ2v) is 6.28. The van der Waals surface area contributed by atoms with E-state index in [0.29, 0.717) is 6.54 Å². The Balaban J connectivity index is 0.00000441. The normalized spacial score (nSPS) is 11.8. The Morgan fingerprint density at radius 2 is 1.68 bits per heavy atom. The average molecular weight is 418 g/mol. The summed E-state index contributed by atoms with van der Waals surface area (Å²) in [5.74, 6) is 0.869. The molecule has 1 rings (SSSR count). The van der Waals surface area contributed by atoms with Gasteiger partial charge in [-0.1, -0.05) is 29.8 Å². The minimum atomic E-state index is 0. The maximum absolute atomic E-state index is 4.61. The van der Waals surface area contributed by atoms with Gasteiger partial charge in [-0.15, -0.1) is 24.0 Å². The molecule has 0 radical (unpaired) electrons. The van der Waals surface area contributed by atoms with Gasteiger partial charge in [0.05, 0.1) is 6.54 Å². The van der Waals surface area contributed by atoms with Crippen molar-refractivity contribution >= 4 is 29.9 Å². The molecule has 0 aliphatic rings. The van der Waals surface area contributed by atoms with Crippen LogP contribution >= 0.6 is 24.0 Å². The van der Waals surface area contributed by atoms with Gasteiger partial charge in [0.15, 0.2) is 5.96 Å². The van der Waals surface area contributed by atoms with Crippen molar-refractivity contribution < 1.29 is 0 Å². The molecule has 0 heterocycles. The molecular formula is C17H31IN4. The van der Waals surface area contributed by atoms with Crippen LogP contribution in [0.5, 0.6) is 0 Å². The summed E-state index contributed by atoms with van der Waals surface area (Å²) in [6.45, 7) is 14.0. The first-order valence-corrected chi connectivity index (χ1v) is 7.73. The zero-order chi connectivity index (χ0) is 15.7. The van der Waals surface area contributed by atoms with E-state index in [0.717, 1.165) is 25.6 Å². The second kappa shape index (κ2) is 10.8. The van der Waals surface area contributed by atoms with Crippen molar-refractivity contribution in [1.82, 2.24) is 16.0 Å². The van der Waals surface area contributed by atoms with Crippen LogP contribution in [0.2, 0.25) is 0 Å². The van der Waals surface area contributed by atoms with Crippen LogP contribution in [-0.2, 0) is 6.54 Å². The van der Waals surface area contributed by atoms with Gasteiger partial charge in [-0.2, -0.15) is 0 Å². The van der Waals surface area contributed by atoms with Crippen LogP contribution in [0, 0.1) is 6.92 Å². The third-order valence-corrected chi connectivity index (χ3v) is 2.96. The van der Waals surface area contributed by atoms with E-state index in [1.54, 1.807) is 0 Å². The van der Waals surface area contributed by atoms with Gasteiger partial charge in [0, 0.05) is 25.2 Å². The van der Waals surface area contributed by atoms with Crippen molar-refractivity contribution in [2.24, 2.45) is 4.99 Å². The topological polar surface area (TPSA) is 48.5 Å². The summed E-state index contributed by atoms with van der Waals surface area (Å²) < 4.78 is 0. The maximum atomic E-state index is 4.61. The van der Waals surface area contributed by atoms with Crippen LogP contribution in [0.25, 0.3) is 0 Å². The second-order valence-electron chi connectivity index (χ2n) is 6.28. The van der Waals surface area contributed by atoms with Crippen LogP contribution < -0.4 is 16.0 Å². The first-order valence-electron chi connectivity index (χ1n) is 7.73. The van der Waals surface area contributed by atoms with Gasteiger partial charge in [-0.05, 0) is 40.2 Å². The third-order valence-electron chi connectivity index (χ3n) is 2.96. The summed E-state index contributed by atoms with van der Waals surface area (Å²) in [6.07, 6.45) is 0. The molecule has 0 aliphatic heterocycles. The summed E-state index contributed by atoms with van der Waals surface area (Å²) >= 11 is 0. The number of hydrogen-bond donors (Lipinski definition) is 3. The number of rotatable bonds is 6. The van der Waals surface area contributed by atoms with Crippen molar-refractivity contribution in [3.05, 3.63) is 35.4 Å². The lowest BCUT2D eigenvalue weighted by Gasteiger charge is -2.21. The maximum Gasteiger partial charge on any atom is 0.191 e. The highest BCUT2D eigenvalue weighted by Crippen LogP contribution is 2.04. The van der Waals surface area contributed by atoms with E-state index in [-0.39, 0.29) is 29.5 Å². The Morgan fingerprint density at radius 1 is 1.05 bits per heavy atom. The molecule has 3 N–H and O–H groups in total. The van der Waals surface area contributed by atoms with E-state index in [1.807, 2.05) is 0 Å². The Morgan fingerprint density at radius 3 is 2.23 bits per heavy atom. The Labute approximate surface area is 152 Å². The predicted molar refractivity (Wildman–Crippen MR) is 107 cm³/mol. The summed E-state index contributed by atoms with van der Waals surface area (Å²) in [5, 5.41) is 10.1. The third kappa shape index (κ3) is 10.00. The molecule has 0 unspecified atom stereocenters. The van der Waals surface area contributed by atoms with Crippen LogP contribution in [0.4, 0.5) is 0 Å². The van der Waals surface area contributed by atoms with Crippen molar-refractivity contribution in [3.63, 3.8) is 0 Å². The first-order chi connectivity index (χ1) is 9.90. The van der Waals surface area contributed by atoms with Crippen molar-refractivity contribution in [2.45, 2.75) is 46.7 Å². The standard InChI is InChI=1S/C17H30N4.HI/c1-6-18-16(19-11-12-21-17(3,4)5)20-13-15-9-7-14(2)8-10-15;/h7-10,21H,6,11-13H2,1-5H3,(H2,18,19,20);1H. The molecule has 1 aromatic rings. The lowest BCUT2D eigenvalue weighted by Crippen LogP contribution is -2.44. The van der Waals surface area contributed by atoms with Gasteiger partial charge >= 0.3 is 0 Å². The quantitative estimate of drug-likeness (QED) is 0.288. The SMILES string of the molecule is CCNC(=NCc1ccc(C)cc1)NCCNC(C)(C)C.I. The zero-order valence-corrected chi connectivity index (χ0v) is 16.8. The highest BCUT2D eigenvalue weighted by molar-refractivity contribution is 14.0. The molecule has 0 saturated carbocycles. The van der Waals surface area contributed by atoms with Gasteiger partial charge < -0.3 is 16.0 Å². The molecule has 22 heavy (non-hydrogen) atoms. The molecule has 4 nitrogen and oxygen atoms in total. The minimum absolute atomic E-state index is 0. The first kappa shape index (κ1) is 21.2. The number of aliphatic imine (C=N–C) groups is 1. The summed E-state index contributed by atoms with van der Waals surface area (Å²) in [7, 11) is 0. The highest BCUT2D eigenvalue weighted by Gasteiger charge is 2.07. The molecule has 5 heteroatoms. The monoisotopic (exact) mass is 418 g/mol. The number of nitrogens with one attached hydrogen (secondary N) is 3. The molecule has 0 amide bonds. The van der Waals surface area contributed by atoms with Crippen LogP contribution in [0.15, 0.2) is 29.3 Å². The Bertz CT molecular complexity index is 435. The molecule has 0 atom stereocenters. The lowest BCUT2D eigenvalue weighted by molar-refractivity contribution is 0.428. The number of hydrogen-bond acceptors (Lipinski definition) is 2. The fourth-order valence-electron chi connectivity index (χ4n) is 1.82. The molecular weight excluding hydrogens is 387 g/mol. The minimum Gasteiger partial charge on any atom is -0.357 e. The number of halogens is 1. The Hall–Kier alpha value is -0.820. The summed E-state index contributed by atoms with van der Waals surface area (Å²) in [4.78, 5) is 4.61. The molecule has 126 valence electrons. The molecule has 1 aromatic carbocycles. The van der Waals surface area contributed by atoms with Gasteiger partial charge in [0.1, 0.15) is 0 Å².